The molecule has 0 radical (unpaired) electrons. The Kier molecular flexibility index (Phi) is 5.43. The van der Waals surface area contributed by atoms with Crippen LogP contribution >= 0.6 is 11.8 Å². The largest absolute Gasteiger partial charge is 0.494 e. The number of nitrogens with one attached hydrogen (secondary N) is 1. The summed E-state index contributed by atoms with van der Waals surface area (Å²) in [4.78, 5) is 0. The summed E-state index contributed by atoms with van der Waals surface area (Å²) in [5.41, 5.74) is 1.21. The summed E-state index contributed by atoms with van der Waals surface area (Å²) >= 11 is 1.55. The Balaban J connectivity index is 1.96. The molecule has 1 heterocycles. The molecule has 1 aromatic heterocycles. The van der Waals surface area contributed by atoms with Gasteiger partial charge in [0.05, 0.1) is 6.61 Å². The highest BCUT2D eigenvalue weighted by Crippen LogP contribution is 2.25. The zero-order valence-electron chi connectivity index (χ0n) is 11.9. The number of hydrogen-bond donors (Lipinski definition) is 1. The van der Waals surface area contributed by atoms with E-state index < -0.39 is 0 Å². The van der Waals surface area contributed by atoms with Crippen LogP contribution < -0.4 is 10.1 Å². The van der Waals surface area contributed by atoms with E-state index in [9.17, 15) is 0 Å². The molecule has 0 spiro atoms. The zero-order valence-corrected chi connectivity index (χ0v) is 12.7. The molecule has 0 fully saturated rings. The van der Waals surface area contributed by atoms with Crippen molar-refractivity contribution in [1.29, 1.82) is 0 Å². The van der Waals surface area contributed by atoms with Gasteiger partial charge in [-0.25, -0.2) is 0 Å². The molecular formula is C14H19N3O2S. The number of thioether (sulfide) groups is 1. The molecule has 2 aromatic rings. The highest BCUT2D eigenvalue weighted by atomic mass is 32.2. The van der Waals surface area contributed by atoms with E-state index in [0.717, 1.165) is 11.5 Å². The second-order valence-corrected chi connectivity index (χ2v) is 5.21. The van der Waals surface area contributed by atoms with Crippen molar-refractivity contribution in [2.24, 2.45) is 0 Å². The Morgan fingerprint density at radius 2 is 2.05 bits per heavy atom. The minimum Gasteiger partial charge on any atom is -0.494 e. The molecule has 0 aliphatic rings. The van der Waals surface area contributed by atoms with Gasteiger partial charge in [0.1, 0.15) is 5.75 Å². The van der Waals surface area contributed by atoms with Crippen molar-refractivity contribution < 1.29 is 9.15 Å². The summed E-state index contributed by atoms with van der Waals surface area (Å²) in [6, 6.07) is 8.36. The van der Waals surface area contributed by atoms with Crippen molar-refractivity contribution in [1.82, 2.24) is 15.5 Å². The van der Waals surface area contributed by atoms with Crippen molar-refractivity contribution in [2.45, 2.75) is 25.1 Å². The number of aryl methyl sites for hydroxylation is 1. The fourth-order valence-electron chi connectivity index (χ4n) is 1.80. The van der Waals surface area contributed by atoms with Gasteiger partial charge in [0, 0.05) is 18.7 Å². The molecule has 1 aromatic carbocycles. The SMILES string of the molecule is CCOc1ccc(C(CSc2nnc(C)o2)NC)cc1. The van der Waals surface area contributed by atoms with Crippen LogP contribution in [0.4, 0.5) is 0 Å². The van der Waals surface area contributed by atoms with E-state index in [4.69, 9.17) is 9.15 Å². The van der Waals surface area contributed by atoms with Crippen LogP contribution in [0.1, 0.15) is 24.4 Å². The van der Waals surface area contributed by atoms with Gasteiger partial charge in [0.2, 0.25) is 5.89 Å². The maximum Gasteiger partial charge on any atom is 0.276 e. The summed E-state index contributed by atoms with van der Waals surface area (Å²) in [6.45, 7) is 4.45. The van der Waals surface area contributed by atoms with Gasteiger partial charge in [-0.15, -0.1) is 10.2 Å². The minimum absolute atomic E-state index is 0.225. The van der Waals surface area contributed by atoms with Gasteiger partial charge in [-0.1, -0.05) is 23.9 Å². The number of ether oxygens (including phenoxy) is 1. The third kappa shape index (κ3) is 3.98. The first-order valence-electron chi connectivity index (χ1n) is 6.56. The maximum atomic E-state index is 5.45. The molecule has 0 saturated carbocycles. The molecule has 108 valence electrons. The molecule has 1 N–H and O–H groups in total. The van der Waals surface area contributed by atoms with E-state index in [1.807, 2.05) is 26.1 Å². The minimum atomic E-state index is 0.225. The van der Waals surface area contributed by atoms with Gasteiger partial charge in [-0.2, -0.15) is 0 Å². The summed E-state index contributed by atoms with van der Waals surface area (Å²) in [5.74, 6) is 2.31. The molecule has 1 atom stereocenters. The van der Waals surface area contributed by atoms with Crippen molar-refractivity contribution in [3.8, 4) is 5.75 Å². The van der Waals surface area contributed by atoms with Crippen LogP contribution in [0.2, 0.25) is 0 Å². The Labute approximate surface area is 123 Å². The third-order valence-corrected chi connectivity index (χ3v) is 3.73. The molecule has 5 nitrogen and oxygen atoms in total. The van der Waals surface area contributed by atoms with Gasteiger partial charge >= 0.3 is 0 Å². The standard InChI is InChI=1S/C14H19N3O2S/c1-4-18-12-7-5-11(6-8-12)13(15-3)9-20-14-17-16-10(2)19-14/h5-8,13,15H,4,9H2,1-3H3. The highest BCUT2D eigenvalue weighted by molar-refractivity contribution is 7.99. The van der Waals surface area contributed by atoms with Crippen molar-refractivity contribution in [3.05, 3.63) is 35.7 Å². The quantitative estimate of drug-likeness (QED) is 0.792. The van der Waals surface area contributed by atoms with Crippen LogP contribution in [-0.4, -0.2) is 29.6 Å². The lowest BCUT2D eigenvalue weighted by atomic mass is 10.1. The smallest absolute Gasteiger partial charge is 0.276 e. The van der Waals surface area contributed by atoms with Gasteiger partial charge in [-0.3, -0.25) is 0 Å². The van der Waals surface area contributed by atoms with Gasteiger partial charge in [0.25, 0.3) is 5.22 Å². The fourth-order valence-corrected chi connectivity index (χ4v) is 2.75. The lowest BCUT2D eigenvalue weighted by Crippen LogP contribution is -2.18. The first-order chi connectivity index (χ1) is 9.72. The predicted molar refractivity (Wildman–Crippen MR) is 79.2 cm³/mol. The first-order valence-corrected chi connectivity index (χ1v) is 7.54. The molecule has 0 aliphatic carbocycles. The summed E-state index contributed by atoms with van der Waals surface area (Å²) in [5, 5.41) is 11.7. The number of nitrogens with zero attached hydrogens (tertiary/aromatic N) is 2. The molecule has 0 bridgehead atoms. The van der Waals surface area contributed by atoms with Crippen molar-refractivity contribution in [2.75, 3.05) is 19.4 Å². The molecular weight excluding hydrogens is 274 g/mol. The van der Waals surface area contributed by atoms with Crippen LogP contribution in [0.5, 0.6) is 5.75 Å². The number of rotatable bonds is 7. The molecule has 0 aliphatic heterocycles. The number of hydrogen-bond acceptors (Lipinski definition) is 6. The Morgan fingerprint density at radius 3 is 2.60 bits per heavy atom. The molecule has 1 unspecified atom stereocenters. The molecule has 20 heavy (non-hydrogen) atoms. The van der Waals surface area contributed by atoms with Gasteiger partial charge in [0.15, 0.2) is 0 Å². The Bertz CT molecular complexity index is 527. The molecule has 6 heteroatoms. The van der Waals surface area contributed by atoms with Crippen LogP contribution in [0, 0.1) is 6.92 Å². The normalized spacial score (nSPS) is 12.3. The molecule has 0 saturated heterocycles. The number of benzene rings is 1. The summed E-state index contributed by atoms with van der Waals surface area (Å²) < 4.78 is 10.8. The lowest BCUT2D eigenvalue weighted by molar-refractivity contribution is 0.340. The van der Waals surface area contributed by atoms with E-state index in [-0.39, 0.29) is 6.04 Å². The Morgan fingerprint density at radius 1 is 1.30 bits per heavy atom. The average molecular weight is 293 g/mol. The zero-order chi connectivity index (χ0) is 14.4. The van der Waals surface area contributed by atoms with Crippen LogP contribution in [-0.2, 0) is 0 Å². The maximum absolute atomic E-state index is 5.45. The summed E-state index contributed by atoms with van der Waals surface area (Å²) in [6.07, 6.45) is 0. The van der Waals surface area contributed by atoms with E-state index in [1.54, 1.807) is 18.7 Å². The first kappa shape index (κ1) is 14.9. The summed E-state index contributed by atoms with van der Waals surface area (Å²) in [7, 11) is 1.95. The van der Waals surface area contributed by atoms with Crippen LogP contribution in [0.25, 0.3) is 0 Å². The lowest BCUT2D eigenvalue weighted by Gasteiger charge is -2.15. The van der Waals surface area contributed by atoms with E-state index in [1.165, 1.54) is 5.56 Å². The van der Waals surface area contributed by atoms with E-state index >= 15 is 0 Å². The van der Waals surface area contributed by atoms with Crippen LogP contribution in [0.15, 0.2) is 33.9 Å². The fraction of sp³-hybridized carbons (Fsp3) is 0.429. The molecule has 2 rings (SSSR count). The third-order valence-electron chi connectivity index (χ3n) is 2.82. The monoisotopic (exact) mass is 293 g/mol. The van der Waals surface area contributed by atoms with Crippen LogP contribution in [0.3, 0.4) is 0 Å². The van der Waals surface area contributed by atoms with Gasteiger partial charge in [-0.05, 0) is 31.7 Å². The van der Waals surface area contributed by atoms with E-state index in [0.29, 0.717) is 17.7 Å². The average Bonchev–Trinajstić information content (AvgIpc) is 2.87. The second kappa shape index (κ2) is 7.31. The highest BCUT2D eigenvalue weighted by Gasteiger charge is 2.12. The predicted octanol–water partition coefficient (Wildman–Crippen LogP) is 2.83. The van der Waals surface area contributed by atoms with E-state index in [2.05, 4.69) is 27.6 Å². The number of aromatic nitrogens is 2. The Hall–Kier alpha value is -1.53. The topological polar surface area (TPSA) is 60.2 Å². The molecule has 0 amide bonds. The van der Waals surface area contributed by atoms with Crippen molar-refractivity contribution in [3.63, 3.8) is 0 Å². The second-order valence-electron chi connectivity index (χ2n) is 4.24. The van der Waals surface area contributed by atoms with Gasteiger partial charge < -0.3 is 14.5 Å². The van der Waals surface area contributed by atoms with Crippen molar-refractivity contribution >= 4 is 11.8 Å².